The van der Waals surface area contributed by atoms with Gasteiger partial charge in [0.05, 0.1) is 11.5 Å². The molecule has 0 aromatic rings. The van der Waals surface area contributed by atoms with E-state index in [9.17, 15) is 15.0 Å². The van der Waals surface area contributed by atoms with Crippen LogP contribution in [0.25, 0.3) is 0 Å². The van der Waals surface area contributed by atoms with Crippen LogP contribution < -0.4 is 0 Å². The van der Waals surface area contributed by atoms with Crippen molar-refractivity contribution in [3.63, 3.8) is 0 Å². The summed E-state index contributed by atoms with van der Waals surface area (Å²) in [5, 5.41) is 21.4. The maximum absolute atomic E-state index is 12.8. The zero-order valence-electron chi connectivity index (χ0n) is 21.1. The number of aliphatic hydroxyl groups excluding tert-OH is 1. The Kier molecular flexibility index (Phi) is 3.97. The van der Waals surface area contributed by atoms with Crippen molar-refractivity contribution in [3.05, 3.63) is 11.6 Å². The van der Waals surface area contributed by atoms with Gasteiger partial charge in [0.1, 0.15) is 0 Å². The summed E-state index contributed by atoms with van der Waals surface area (Å²) in [5.74, 6) is 1.25. The summed E-state index contributed by atoms with van der Waals surface area (Å²) in [5.41, 5.74) is 1.80. The molecule has 5 saturated carbocycles. The predicted octanol–water partition coefficient (Wildman–Crippen LogP) is 6.45. The number of aliphatic carboxylic acids is 1. The van der Waals surface area contributed by atoms with Gasteiger partial charge in [-0.15, -0.1) is 0 Å². The fraction of sp³-hybridized carbons (Fsp3) is 0.897. The van der Waals surface area contributed by atoms with Gasteiger partial charge in [0, 0.05) is 0 Å². The van der Waals surface area contributed by atoms with E-state index in [1.54, 1.807) is 0 Å². The molecular formula is C29H44O3. The standard InChI is InChI=1S/C29H44O3/c1-24(2)19-9-12-27(5)20(26(19,4)11-10-22(24)30)8-7-17-18-15-25(3)13-14-29(18,23(31)32)21(25)16-28(17,27)6/h7,18-22,30H,8-16H2,1-6H3,(H,31,32)/t18-,19-,20+,21-,22-,25-,26-,27+,28+,29+/m0/s1. The van der Waals surface area contributed by atoms with Gasteiger partial charge in [-0.25, -0.2) is 0 Å². The molecule has 0 aliphatic heterocycles. The summed E-state index contributed by atoms with van der Waals surface area (Å²) in [6.45, 7) is 14.7. The highest BCUT2D eigenvalue weighted by Crippen LogP contribution is 2.82. The lowest BCUT2D eigenvalue weighted by molar-refractivity contribution is -0.204. The van der Waals surface area contributed by atoms with Crippen molar-refractivity contribution < 1.29 is 15.0 Å². The largest absolute Gasteiger partial charge is 0.481 e. The van der Waals surface area contributed by atoms with Crippen molar-refractivity contribution >= 4 is 5.97 Å². The zero-order valence-corrected chi connectivity index (χ0v) is 21.1. The van der Waals surface area contributed by atoms with Crippen LogP contribution in [0.5, 0.6) is 0 Å². The molecule has 2 N–H and O–H groups in total. The number of fused-ring (bicyclic) bond motifs is 6. The van der Waals surface area contributed by atoms with E-state index in [1.807, 2.05) is 0 Å². The molecule has 6 aliphatic carbocycles. The maximum Gasteiger partial charge on any atom is 0.310 e. The Bertz CT molecular complexity index is 919. The molecule has 4 bridgehead atoms. The normalized spacial score (nSPS) is 59.6. The third kappa shape index (κ3) is 2.05. The van der Waals surface area contributed by atoms with E-state index in [2.05, 4.69) is 47.6 Å². The number of hydrogen-bond acceptors (Lipinski definition) is 2. The maximum atomic E-state index is 12.8. The van der Waals surface area contributed by atoms with E-state index >= 15 is 0 Å². The van der Waals surface area contributed by atoms with Gasteiger partial charge in [0.15, 0.2) is 0 Å². The molecule has 178 valence electrons. The second kappa shape index (κ2) is 5.86. The lowest BCUT2D eigenvalue weighted by Gasteiger charge is -2.70. The Balaban J connectivity index is 1.47. The van der Waals surface area contributed by atoms with E-state index in [1.165, 1.54) is 18.4 Å². The first-order chi connectivity index (χ1) is 14.8. The second-order valence-electron chi connectivity index (χ2n) is 14.7. The topological polar surface area (TPSA) is 57.5 Å². The van der Waals surface area contributed by atoms with E-state index in [0.717, 1.165) is 44.9 Å². The lowest BCUT2D eigenvalue weighted by atomic mass is 9.34. The second-order valence-corrected chi connectivity index (χ2v) is 14.7. The Morgan fingerprint density at radius 3 is 2.31 bits per heavy atom. The molecule has 0 aromatic heterocycles. The minimum Gasteiger partial charge on any atom is -0.481 e. The fourth-order valence-electron chi connectivity index (χ4n) is 11.8. The van der Waals surface area contributed by atoms with Crippen molar-refractivity contribution in [1.82, 2.24) is 0 Å². The van der Waals surface area contributed by atoms with E-state index in [0.29, 0.717) is 17.8 Å². The van der Waals surface area contributed by atoms with Crippen LogP contribution in [0, 0.1) is 56.2 Å². The fourth-order valence-corrected chi connectivity index (χ4v) is 11.8. The molecule has 0 radical (unpaired) electrons. The number of allylic oxidation sites excluding steroid dienone is 2. The first-order valence-electron chi connectivity index (χ1n) is 13.4. The third-order valence-electron chi connectivity index (χ3n) is 13.7. The van der Waals surface area contributed by atoms with Crippen LogP contribution >= 0.6 is 0 Å². The van der Waals surface area contributed by atoms with Gasteiger partial charge in [-0.1, -0.05) is 53.2 Å². The van der Waals surface area contributed by atoms with Gasteiger partial charge in [-0.05, 0) is 109 Å². The molecule has 3 heteroatoms. The van der Waals surface area contributed by atoms with E-state index in [4.69, 9.17) is 0 Å². The van der Waals surface area contributed by atoms with Gasteiger partial charge in [-0.2, -0.15) is 0 Å². The summed E-state index contributed by atoms with van der Waals surface area (Å²) in [7, 11) is 0. The highest BCUT2D eigenvalue weighted by molar-refractivity contribution is 5.78. The number of carbonyl (C=O) groups is 1. The number of carboxylic acids is 1. The van der Waals surface area contributed by atoms with Gasteiger partial charge < -0.3 is 10.2 Å². The molecule has 0 aromatic carbocycles. The third-order valence-corrected chi connectivity index (χ3v) is 13.7. The van der Waals surface area contributed by atoms with Crippen molar-refractivity contribution in [2.24, 2.45) is 56.2 Å². The van der Waals surface area contributed by atoms with Crippen LogP contribution in [0.2, 0.25) is 0 Å². The number of carboxylic acid groups (broad SMARTS) is 1. The number of aliphatic hydroxyl groups is 1. The van der Waals surface area contributed by atoms with Crippen molar-refractivity contribution in [2.75, 3.05) is 0 Å². The summed E-state index contributed by atoms with van der Waals surface area (Å²) < 4.78 is 0. The molecule has 6 aliphatic rings. The number of hydrogen-bond donors (Lipinski definition) is 2. The summed E-state index contributed by atoms with van der Waals surface area (Å²) in [6.07, 6.45) is 12.1. The Hall–Kier alpha value is -0.830. The zero-order chi connectivity index (χ0) is 23.1. The summed E-state index contributed by atoms with van der Waals surface area (Å²) >= 11 is 0. The quantitative estimate of drug-likeness (QED) is 0.460. The molecule has 10 atom stereocenters. The average Bonchev–Trinajstić information content (AvgIpc) is 3.08. The minimum atomic E-state index is -0.511. The Morgan fingerprint density at radius 1 is 0.906 bits per heavy atom. The first-order valence-corrected chi connectivity index (χ1v) is 13.4. The van der Waals surface area contributed by atoms with Crippen LogP contribution in [-0.2, 0) is 4.79 Å². The molecule has 0 saturated heterocycles. The van der Waals surface area contributed by atoms with Gasteiger partial charge in [0.2, 0.25) is 0 Å². The molecule has 0 heterocycles. The molecule has 0 unspecified atom stereocenters. The van der Waals surface area contributed by atoms with E-state index in [-0.39, 0.29) is 39.1 Å². The van der Waals surface area contributed by atoms with Crippen LogP contribution in [-0.4, -0.2) is 22.3 Å². The highest BCUT2D eigenvalue weighted by atomic mass is 16.4. The summed E-state index contributed by atoms with van der Waals surface area (Å²) in [4.78, 5) is 12.8. The van der Waals surface area contributed by atoms with Crippen molar-refractivity contribution in [1.29, 1.82) is 0 Å². The minimum absolute atomic E-state index is 0.0230. The monoisotopic (exact) mass is 440 g/mol. The van der Waals surface area contributed by atoms with Crippen LogP contribution in [0.1, 0.15) is 99.3 Å². The Morgan fingerprint density at radius 2 is 1.62 bits per heavy atom. The highest BCUT2D eigenvalue weighted by Gasteiger charge is 2.77. The van der Waals surface area contributed by atoms with Crippen LogP contribution in [0.4, 0.5) is 0 Å². The average molecular weight is 441 g/mol. The van der Waals surface area contributed by atoms with Crippen LogP contribution in [0.3, 0.4) is 0 Å². The molecule has 0 spiro atoms. The molecule has 6 rings (SSSR count). The predicted molar refractivity (Wildman–Crippen MR) is 126 cm³/mol. The smallest absolute Gasteiger partial charge is 0.310 e. The lowest BCUT2D eigenvalue weighted by Crippen LogP contribution is -2.64. The molecule has 3 nitrogen and oxygen atoms in total. The SMILES string of the molecule is CC1(C)[C@@H](O)CC[C@]2(C)[C@H]3CC=C4[C@@H]5C[C@]6(C)CC[C@]5(C(=O)O)[C@H]6C[C@@]4(C)[C@]3(C)CC[C@@H]12. The van der Waals surface area contributed by atoms with E-state index < -0.39 is 11.4 Å². The Labute approximate surface area is 194 Å². The molecular weight excluding hydrogens is 396 g/mol. The van der Waals surface area contributed by atoms with Crippen molar-refractivity contribution in [2.45, 2.75) is 105 Å². The van der Waals surface area contributed by atoms with Crippen molar-refractivity contribution in [3.8, 4) is 0 Å². The summed E-state index contributed by atoms with van der Waals surface area (Å²) in [6, 6.07) is 0. The van der Waals surface area contributed by atoms with Gasteiger partial charge in [0.25, 0.3) is 0 Å². The van der Waals surface area contributed by atoms with Gasteiger partial charge >= 0.3 is 5.97 Å². The van der Waals surface area contributed by atoms with Gasteiger partial charge in [-0.3, -0.25) is 4.79 Å². The molecule has 5 fully saturated rings. The first kappa shape index (κ1) is 21.7. The molecule has 32 heavy (non-hydrogen) atoms. The molecule has 0 amide bonds. The van der Waals surface area contributed by atoms with Crippen LogP contribution in [0.15, 0.2) is 11.6 Å². The number of rotatable bonds is 1.